The Balaban J connectivity index is 1.49. The van der Waals surface area contributed by atoms with Crippen molar-refractivity contribution >= 4 is 5.91 Å². The van der Waals surface area contributed by atoms with Crippen molar-refractivity contribution in [1.82, 2.24) is 19.2 Å². The van der Waals surface area contributed by atoms with Crippen molar-refractivity contribution in [3.8, 4) is 11.5 Å². The summed E-state index contributed by atoms with van der Waals surface area (Å²) < 4.78 is 4.13. The van der Waals surface area contributed by atoms with Gasteiger partial charge in [-0.25, -0.2) is 4.68 Å². The molecule has 0 N–H and O–H groups in total. The van der Waals surface area contributed by atoms with Crippen LogP contribution < -0.4 is 0 Å². The number of fused-ring (bicyclic) bond motifs is 1. The Morgan fingerprint density at radius 2 is 1.71 bits per heavy atom. The summed E-state index contributed by atoms with van der Waals surface area (Å²) in [5, 5.41) is 4.96. The van der Waals surface area contributed by atoms with Crippen molar-refractivity contribution in [3.63, 3.8) is 0 Å². The second-order valence-electron chi connectivity index (χ2n) is 8.46. The third-order valence-electron chi connectivity index (χ3n) is 5.95. The van der Waals surface area contributed by atoms with E-state index >= 15 is 0 Å². The summed E-state index contributed by atoms with van der Waals surface area (Å²) in [6, 6.07) is 18.6. The monoisotopic (exact) mass is 410 g/mol. The molecule has 0 atom stereocenters. The summed E-state index contributed by atoms with van der Waals surface area (Å²) in [6.07, 6.45) is 4.49. The minimum absolute atomic E-state index is 0.139. The van der Waals surface area contributed by atoms with E-state index < -0.39 is 0 Å². The molecule has 4 aromatic rings. The fraction of sp³-hybridized carbons (Fsp3) is 0.231. The maximum atomic E-state index is 13.0. The van der Waals surface area contributed by atoms with Crippen LogP contribution in [0.1, 0.15) is 33.5 Å². The van der Waals surface area contributed by atoms with Crippen LogP contribution >= 0.6 is 0 Å². The molecule has 1 amide bonds. The highest BCUT2D eigenvalue weighted by Crippen LogP contribution is 2.31. The summed E-state index contributed by atoms with van der Waals surface area (Å²) in [7, 11) is 0. The number of carbonyl (C=O) groups is 1. The van der Waals surface area contributed by atoms with Gasteiger partial charge in [-0.05, 0) is 50.1 Å². The van der Waals surface area contributed by atoms with E-state index in [2.05, 4.69) is 55.7 Å². The molecule has 31 heavy (non-hydrogen) atoms. The van der Waals surface area contributed by atoms with Gasteiger partial charge in [-0.1, -0.05) is 47.5 Å². The van der Waals surface area contributed by atoms with Crippen molar-refractivity contribution in [2.75, 3.05) is 0 Å². The maximum absolute atomic E-state index is 13.0. The third-order valence-corrected chi connectivity index (χ3v) is 5.95. The van der Waals surface area contributed by atoms with Crippen molar-refractivity contribution in [3.05, 3.63) is 101 Å². The molecule has 5 rings (SSSR count). The first-order chi connectivity index (χ1) is 15.0. The van der Waals surface area contributed by atoms with E-state index in [4.69, 9.17) is 5.10 Å². The Labute approximate surface area is 182 Å². The molecule has 0 bridgehead atoms. The van der Waals surface area contributed by atoms with Gasteiger partial charge in [0.05, 0.1) is 30.9 Å². The van der Waals surface area contributed by atoms with Gasteiger partial charge in [-0.15, -0.1) is 0 Å². The average molecular weight is 411 g/mol. The number of amides is 1. The average Bonchev–Trinajstić information content (AvgIpc) is 3.44. The highest BCUT2D eigenvalue weighted by Gasteiger charge is 2.31. The van der Waals surface area contributed by atoms with E-state index in [-0.39, 0.29) is 5.91 Å². The molecular weight excluding hydrogens is 384 g/mol. The van der Waals surface area contributed by atoms with Crippen LogP contribution in [0.4, 0.5) is 0 Å². The number of rotatable bonds is 4. The number of hydrogen-bond donors (Lipinski definition) is 0. The lowest BCUT2D eigenvalue weighted by atomic mass is 10.1. The van der Waals surface area contributed by atoms with Crippen LogP contribution in [0.3, 0.4) is 0 Å². The van der Waals surface area contributed by atoms with Crippen LogP contribution in [-0.4, -0.2) is 25.2 Å². The maximum Gasteiger partial charge on any atom is 0.227 e. The zero-order chi connectivity index (χ0) is 21.5. The molecule has 156 valence electrons. The van der Waals surface area contributed by atoms with Crippen LogP contribution in [0.15, 0.2) is 67.0 Å². The summed E-state index contributed by atoms with van der Waals surface area (Å²) in [5.41, 5.74) is 7.81. The van der Waals surface area contributed by atoms with Gasteiger partial charge in [-0.2, -0.15) is 5.10 Å². The predicted molar refractivity (Wildman–Crippen MR) is 122 cm³/mol. The Morgan fingerprint density at radius 1 is 0.935 bits per heavy atom. The summed E-state index contributed by atoms with van der Waals surface area (Å²) in [4.78, 5) is 14.9. The molecule has 0 spiro atoms. The van der Waals surface area contributed by atoms with Crippen LogP contribution in [0.25, 0.3) is 11.5 Å². The van der Waals surface area contributed by atoms with Gasteiger partial charge < -0.3 is 9.47 Å². The molecule has 5 heteroatoms. The molecule has 0 unspecified atom stereocenters. The molecular formula is C26H26N4O. The topological polar surface area (TPSA) is 43.1 Å². The van der Waals surface area contributed by atoms with E-state index in [0.29, 0.717) is 19.5 Å². The smallest absolute Gasteiger partial charge is 0.227 e. The minimum atomic E-state index is 0.139. The molecule has 0 fully saturated rings. The van der Waals surface area contributed by atoms with Gasteiger partial charge in [-0.3, -0.25) is 4.79 Å². The summed E-state index contributed by atoms with van der Waals surface area (Å²) >= 11 is 0. The van der Waals surface area contributed by atoms with Gasteiger partial charge in [0.25, 0.3) is 0 Å². The molecule has 1 aliphatic heterocycles. The molecule has 0 radical (unpaired) electrons. The quantitative estimate of drug-likeness (QED) is 0.491. The number of nitrogens with zero attached hydrogens (tertiary/aromatic N) is 4. The number of aryl methyl sites for hydroxylation is 3. The first-order valence-corrected chi connectivity index (χ1v) is 10.6. The van der Waals surface area contributed by atoms with Crippen LogP contribution in [0, 0.1) is 20.8 Å². The van der Waals surface area contributed by atoms with Crippen molar-refractivity contribution in [2.24, 2.45) is 0 Å². The molecule has 0 saturated carbocycles. The van der Waals surface area contributed by atoms with Gasteiger partial charge in [0, 0.05) is 18.0 Å². The number of hydrogen-bond acceptors (Lipinski definition) is 2. The Hall–Kier alpha value is -3.60. The Kier molecular flexibility index (Phi) is 4.74. The standard InChI is InChI=1S/C26H26N4O/c1-18-7-6-8-21(14-18)15-25(31)29-16-22-23(17-29)27-30(26(22)28-11-4-5-12-28)24-10-9-19(2)13-20(24)3/h4-14H,15-17H2,1-3H3. The number of carbonyl (C=O) groups excluding carboxylic acids is 1. The molecule has 0 saturated heterocycles. The van der Waals surface area contributed by atoms with Crippen molar-refractivity contribution in [2.45, 2.75) is 40.3 Å². The van der Waals surface area contributed by atoms with Crippen molar-refractivity contribution in [1.29, 1.82) is 0 Å². The van der Waals surface area contributed by atoms with Crippen molar-refractivity contribution < 1.29 is 4.79 Å². The number of benzene rings is 2. The normalized spacial score (nSPS) is 12.9. The van der Waals surface area contributed by atoms with Crippen LogP contribution in [0.2, 0.25) is 0 Å². The Bertz CT molecular complexity index is 1270. The number of aromatic nitrogens is 3. The third kappa shape index (κ3) is 3.56. The first kappa shape index (κ1) is 19.4. The summed E-state index contributed by atoms with van der Waals surface area (Å²) in [6.45, 7) is 7.40. The zero-order valence-corrected chi connectivity index (χ0v) is 18.2. The second-order valence-corrected chi connectivity index (χ2v) is 8.46. The van der Waals surface area contributed by atoms with Crippen LogP contribution in [-0.2, 0) is 24.3 Å². The van der Waals surface area contributed by atoms with Gasteiger partial charge in [0.2, 0.25) is 5.91 Å². The fourth-order valence-corrected chi connectivity index (χ4v) is 4.44. The predicted octanol–water partition coefficient (Wildman–Crippen LogP) is 4.67. The molecule has 2 aromatic carbocycles. The second kappa shape index (κ2) is 7.58. The zero-order valence-electron chi connectivity index (χ0n) is 18.2. The fourth-order valence-electron chi connectivity index (χ4n) is 4.44. The highest BCUT2D eigenvalue weighted by atomic mass is 16.2. The molecule has 5 nitrogen and oxygen atoms in total. The Morgan fingerprint density at radius 3 is 2.45 bits per heavy atom. The lowest BCUT2D eigenvalue weighted by Gasteiger charge is -2.18. The molecule has 1 aliphatic rings. The van der Waals surface area contributed by atoms with E-state index in [1.807, 2.05) is 46.2 Å². The van der Waals surface area contributed by atoms with E-state index in [0.717, 1.165) is 28.3 Å². The van der Waals surface area contributed by atoms with E-state index in [1.54, 1.807) is 0 Å². The first-order valence-electron chi connectivity index (χ1n) is 10.6. The largest absolute Gasteiger partial charge is 0.332 e. The minimum Gasteiger partial charge on any atom is -0.332 e. The van der Waals surface area contributed by atoms with Gasteiger partial charge >= 0.3 is 0 Å². The lowest BCUT2D eigenvalue weighted by Crippen LogP contribution is -2.28. The van der Waals surface area contributed by atoms with Gasteiger partial charge in [0.15, 0.2) is 0 Å². The summed E-state index contributed by atoms with van der Waals surface area (Å²) in [5.74, 6) is 1.15. The lowest BCUT2D eigenvalue weighted by molar-refractivity contribution is -0.131. The molecule has 2 aromatic heterocycles. The van der Waals surface area contributed by atoms with E-state index in [9.17, 15) is 4.79 Å². The molecule has 0 aliphatic carbocycles. The van der Waals surface area contributed by atoms with Crippen LogP contribution in [0.5, 0.6) is 0 Å². The van der Waals surface area contributed by atoms with E-state index in [1.165, 1.54) is 16.7 Å². The molecule has 3 heterocycles. The van der Waals surface area contributed by atoms with Gasteiger partial charge in [0.1, 0.15) is 5.82 Å². The highest BCUT2D eigenvalue weighted by molar-refractivity contribution is 5.79. The SMILES string of the molecule is Cc1cccc(CC(=O)N2Cc3nn(-c4ccc(C)cc4C)c(-n4cccc4)c3C2)c1.